The summed E-state index contributed by atoms with van der Waals surface area (Å²) in [6.07, 6.45) is 4.00. The van der Waals surface area contributed by atoms with Gasteiger partial charge in [0.25, 0.3) is 0 Å². The molecule has 0 aliphatic rings. The predicted molar refractivity (Wildman–Crippen MR) is 28.5 cm³/mol. The van der Waals surface area contributed by atoms with Crippen LogP contribution < -0.4 is 0 Å². The first-order valence-corrected chi connectivity index (χ1v) is 2.06. The van der Waals surface area contributed by atoms with Crippen molar-refractivity contribution in [2.24, 2.45) is 0 Å². The molecule has 0 rings (SSSR count). The summed E-state index contributed by atoms with van der Waals surface area (Å²) in [7, 11) is 4.00. The molecule has 6 heavy (non-hydrogen) atoms. The molecular formula is C5H11N. The van der Waals surface area contributed by atoms with E-state index in [0.717, 1.165) is 0 Å². The van der Waals surface area contributed by atoms with Crippen LogP contribution in [0.2, 0.25) is 0 Å². The molecule has 36 valence electrons. The van der Waals surface area contributed by atoms with Crippen LogP contribution in [0.25, 0.3) is 0 Å². The molecule has 0 heterocycles. The van der Waals surface area contributed by atoms with Crippen LogP contribution in [0.1, 0.15) is 6.92 Å². The van der Waals surface area contributed by atoms with Gasteiger partial charge in [-0.1, -0.05) is 6.08 Å². The minimum atomic E-state index is 2.00. The molecule has 0 aromatic heterocycles. The van der Waals surface area contributed by atoms with Crippen LogP contribution in [0.4, 0.5) is 0 Å². The Balaban J connectivity index is 3.03. The van der Waals surface area contributed by atoms with Crippen LogP contribution in [-0.4, -0.2) is 19.0 Å². The number of hydrogen-bond acceptors (Lipinski definition) is 1. The normalized spacial score (nSPS) is 9.83. The van der Waals surface area contributed by atoms with Crippen LogP contribution in [0.15, 0.2) is 12.3 Å². The summed E-state index contributed by atoms with van der Waals surface area (Å²) < 4.78 is 0. The molecule has 0 aliphatic heterocycles. The van der Waals surface area contributed by atoms with Gasteiger partial charge in [0.15, 0.2) is 0 Å². The SMILES string of the molecule is C/C=C\N(C)C. The second-order valence-corrected chi connectivity index (χ2v) is 1.45. The molecular weight excluding hydrogens is 74.1 g/mol. The summed E-state index contributed by atoms with van der Waals surface area (Å²) in [5.74, 6) is 0. The molecule has 0 spiro atoms. The topological polar surface area (TPSA) is 3.24 Å². The van der Waals surface area contributed by atoms with Crippen molar-refractivity contribution in [3.63, 3.8) is 0 Å². The molecule has 0 radical (unpaired) electrons. The average molecular weight is 85.1 g/mol. The average Bonchev–Trinajstić information content (AvgIpc) is 1.35. The minimum Gasteiger partial charge on any atom is -0.384 e. The van der Waals surface area contributed by atoms with Gasteiger partial charge in [-0.2, -0.15) is 0 Å². The van der Waals surface area contributed by atoms with Gasteiger partial charge >= 0.3 is 0 Å². The molecule has 0 N–H and O–H groups in total. The van der Waals surface area contributed by atoms with Crippen LogP contribution in [0, 0.1) is 0 Å². The molecule has 0 bridgehead atoms. The third-order valence-electron chi connectivity index (χ3n) is 0.447. The zero-order valence-corrected chi connectivity index (χ0v) is 4.60. The highest BCUT2D eigenvalue weighted by atomic mass is 15.0. The van der Waals surface area contributed by atoms with Crippen molar-refractivity contribution in [2.45, 2.75) is 6.92 Å². The van der Waals surface area contributed by atoms with E-state index in [0.29, 0.717) is 0 Å². The van der Waals surface area contributed by atoms with Gasteiger partial charge in [0.2, 0.25) is 0 Å². The van der Waals surface area contributed by atoms with Gasteiger partial charge in [0.1, 0.15) is 0 Å². The van der Waals surface area contributed by atoms with E-state index in [1.54, 1.807) is 0 Å². The van der Waals surface area contributed by atoms with Crippen molar-refractivity contribution in [1.82, 2.24) is 4.90 Å². The van der Waals surface area contributed by atoms with Gasteiger partial charge in [0, 0.05) is 14.1 Å². The molecule has 0 aromatic carbocycles. The largest absolute Gasteiger partial charge is 0.384 e. The Morgan fingerprint density at radius 2 is 1.83 bits per heavy atom. The lowest BCUT2D eigenvalue weighted by Crippen LogP contribution is -1.98. The first kappa shape index (κ1) is 5.54. The fourth-order valence-electron chi connectivity index (χ4n) is 0.298. The van der Waals surface area contributed by atoms with E-state index >= 15 is 0 Å². The molecule has 0 fully saturated rings. The van der Waals surface area contributed by atoms with Crippen molar-refractivity contribution < 1.29 is 0 Å². The van der Waals surface area contributed by atoms with Crippen molar-refractivity contribution >= 4 is 0 Å². The molecule has 0 unspecified atom stereocenters. The standard InChI is InChI=1S/C5H11N/c1-4-5-6(2)3/h4-5H,1-3H3/b5-4-. The predicted octanol–water partition coefficient (Wildman–Crippen LogP) is 1.08. The summed E-state index contributed by atoms with van der Waals surface area (Å²) in [6, 6.07) is 0. The first-order valence-electron chi connectivity index (χ1n) is 2.06. The Kier molecular flexibility index (Phi) is 2.55. The van der Waals surface area contributed by atoms with Crippen molar-refractivity contribution in [3.05, 3.63) is 12.3 Å². The van der Waals surface area contributed by atoms with Gasteiger partial charge in [-0.3, -0.25) is 0 Å². The van der Waals surface area contributed by atoms with Gasteiger partial charge in [-0.25, -0.2) is 0 Å². The minimum absolute atomic E-state index is 2.00. The number of rotatable bonds is 1. The number of allylic oxidation sites excluding steroid dienone is 1. The maximum absolute atomic E-state index is 2.00. The summed E-state index contributed by atoms with van der Waals surface area (Å²) in [4.78, 5) is 2.00. The Labute approximate surface area is 39.3 Å². The van der Waals surface area contributed by atoms with E-state index < -0.39 is 0 Å². The zero-order chi connectivity index (χ0) is 4.99. The smallest absolute Gasteiger partial charge is 0.00555 e. The molecule has 1 heteroatoms. The van der Waals surface area contributed by atoms with Gasteiger partial charge < -0.3 is 4.90 Å². The number of hydrogen-bond donors (Lipinski definition) is 0. The lowest BCUT2D eigenvalue weighted by molar-refractivity contribution is 0.563. The Hall–Kier alpha value is -0.460. The maximum Gasteiger partial charge on any atom is 0.00555 e. The van der Waals surface area contributed by atoms with Crippen LogP contribution in [0.3, 0.4) is 0 Å². The maximum atomic E-state index is 2.00. The third-order valence-corrected chi connectivity index (χ3v) is 0.447. The molecule has 0 aliphatic carbocycles. The van der Waals surface area contributed by atoms with E-state index in [1.807, 2.05) is 38.2 Å². The Morgan fingerprint density at radius 1 is 1.33 bits per heavy atom. The fraction of sp³-hybridized carbons (Fsp3) is 0.600. The molecule has 0 saturated carbocycles. The van der Waals surface area contributed by atoms with Crippen LogP contribution >= 0.6 is 0 Å². The van der Waals surface area contributed by atoms with Crippen LogP contribution in [-0.2, 0) is 0 Å². The summed E-state index contributed by atoms with van der Waals surface area (Å²) in [5, 5.41) is 0. The Morgan fingerprint density at radius 3 is 1.83 bits per heavy atom. The summed E-state index contributed by atoms with van der Waals surface area (Å²) in [6.45, 7) is 2.00. The second kappa shape index (κ2) is 2.76. The molecule has 0 saturated heterocycles. The summed E-state index contributed by atoms with van der Waals surface area (Å²) >= 11 is 0. The third kappa shape index (κ3) is 3.54. The molecule has 0 atom stereocenters. The highest BCUT2D eigenvalue weighted by molar-refractivity contribution is 4.72. The second-order valence-electron chi connectivity index (χ2n) is 1.45. The fourth-order valence-corrected chi connectivity index (χ4v) is 0.298. The van der Waals surface area contributed by atoms with Crippen LogP contribution in [0.5, 0.6) is 0 Å². The van der Waals surface area contributed by atoms with Crippen molar-refractivity contribution in [2.75, 3.05) is 14.1 Å². The van der Waals surface area contributed by atoms with Gasteiger partial charge in [0.05, 0.1) is 0 Å². The van der Waals surface area contributed by atoms with E-state index in [4.69, 9.17) is 0 Å². The van der Waals surface area contributed by atoms with E-state index in [9.17, 15) is 0 Å². The lowest BCUT2D eigenvalue weighted by atomic mass is 10.7. The highest BCUT2D eigenvalue weighted by Gasteiger charge is 1.65. The van der Waals surface area contributed by atoms with Crippen molar-refractivity contribution in [3.8, 4) is 0 Å². The Bertz CT molecular complexity index is 45.9. The van der Waals surface area contributed by atoms with E-state index in [2.05, 4.69) is 0 Å². The van der Waals surface area contributed by atoms with Gasteiger partial charge in [-0.15, -0.1) is 0 Å². The first-order chi connectivity index (χ1) is 2.77. The molecule has 0 amide bonds. The molecule has 1 nitrogen and oxygen atoms in total. The number of nitrogens with zero attached hydrogens (tertiary/aromatic N) is 1. The monoisotopic (exact) mass is 85.1 g/mol. The van der Waals surface area contributed by atoms with E-state index in [1.165, 1.54) is 0 Å². The van der Waals surface area contributed by atoms with E-state index in [-0.39, 0.29) is 0 Å². The zero-order valence-electron chi connectivity index (χ0n) is 4.60. The lowest BCUT2D eigenvalue weighted by Gasteiger charge is -1.99. The quantitative estimate of drug-likeness (QED) is 0.460. The highest BCUT2D eigenvalue weighted by Crippen LogP contribution is 1.71. The van der Waals surface area contributed by atoms with Gasteiger partial charge in [-0.05, 0) is 13.1 Å². The summed E-state index contributed by atoms with van der Waals surface area (Å²) in [5.41, 5.74) is 0. The van der Waals surface area contributed by atoms with Crippen molar-refractivity contribution in [1.29, 1.82) is 0 Å². The molecule has 0 aromatic rings.